The summed E-state index contributed by atoms with van der Waals surface area (Å²) in [7, 11) is 1.34. The van der Waals surface area contributed by atoms with E-state index in [1.165, 1.54) is 23.9 Å². The van der Waals surface area contributed by atoms with Gasteiger partial charge in [0, 0.05) is 6.54 Å². The van der Waals surface area contributed by atoms with Crippen molar-refractivity contribution in [1.82, 2.24) is 20.2 Å². The number of hydrogen-bond donors (Lipinski definition) is 2. The van der Waals surface area contributed by atoms with Crippen LogP contribution in [0, 0.1) is 6.92 Å². The van der Waals surface area contributed by atoms with Crippen molar-refractivity contribution in [3.05, 3.63) is 29.6 Å². The molecule has 3 N–H and O–H groups in total. The summed E-state index contributed by atoms with van der Waals surface area (Å²) in [6.45, 7) is -1.03. The maximum atomic E-state index is 12.3. The molecule has 2 rings (SSSR count). The molecule has 8 nitrogen and oxygen atoms in total. The first kappa shape index (κ1) is 18.8. The monoisotopic (exact) mass is 373 g/mol. The molecule has 11 heteroatoms. The lowest BCUT2D eigenvalue weighted by atomic mass is 10.2. The molecule has 1 aromatic heterocycles. The Morgan fingerprint density at radius 1 is 1.40 bits per heavy atom. The third kappa shape index (κ3) is 5.21. The Morgan fingerprint density at radius 3 is 2.76 bits per heavy atom. The van der Waals surface area contributed by atoms with Gasteiger partial charge in [-0.3, -0.25) is 4.79 Å². The van der Waals surface area contributed by atoms with Crippen LogP contribution in [0.25, 0.3) is 0 Å². The van der Waals surface area contributed by atoms with Crippen molar-refractivity contribution < 1.29 is 23.0 Å². The van der Waals surface area contributed by atoms with E-state index in [0.29, 0.717) is 16.5 Å². The number of nitrogens with zero attached hydrogens (tertiary/aromatic N) is 3. The van der Waals surface area contributed by atoms with Gasteiger partial charge in [0.05, 0.1) is 12.9 Å². The Morgan fingerprint density at radius 2 is 2.16 bits per heavy atom. The van der Waals surface area contributed by atoms with Crippen LogP contribution in [0.2, 0.25) is 0 Å². The largest absolute Gasteiger partial charge is 0.493 e. The molecular weight excluding hydrogens is 356 g/mol. The third-order valence-corrected chi connectivity index (χ3v) is 4.04. The molecule has 2 aromatic rings. The fourth-order valence-corrected chi connectivity index (χ4v) is 2.58. The normalized spacial score (nSPS) is 10.8. The predicted molar refractivity (Wildman–Crippen MR) is 87.1 cm³/mol. The van der Waals surface area contributed by atoms with Crippen LogP contribution in [0.4, 0.5) is 8.78 Å². The Balaban J connectivity index is 1.87. The average Bonchev–Trinajstić information content (AvgIpc) is 2.90. The van der Waals surface area contributed by atoms with Crippen LogP contribution in [0.5, 0.6) is 11.5 Å². The van der Waals surface area contributed by atoms with Crippen LogP contribution in [0.15, 0.2) is 23.4 Å². The lowest BCUT2D eigenvalue weighted by Gasteiger charge is -2.12. The number of benzene rings is 1. The van der Waals surface area contributed by atoms with Gasteiger partial charge >= 0.3 is 6.61 Å². The van der Waals surface area contributed by atoms with Gasteiger partial charge in [-0.05, 0) is 24.6 Å². The van der Waals surface area contributed by atoms with Crippen LogP contribution >= 0.6 is 11.8 Å². The fourth-order valence-electron chi connectivity index (χ4n) is 1.85. The van der Waals surface area contributed by atoms with Gasteiger partial charge in [-0.2, -0.15) is 8.78 Å². The van der Waals surface area contributed by atoms with E-state index in [2.05, 4.69) is 20.3 Å². The first-order valence-electron chi connectivity index (χ1n) is 7.09. The summed E-state index contributed by atoms with van der Waals surface area (Å²) in [4.78, 5) is 11.9. The summed E-state index contributed by atoms with van der Waals surface area (Å²) >= 11 is 1.15. The number of nitrogens with two attached hydrogens (primary N) is 1. The molecule has 0 fully saturated rings. The van der Waals surface area contributed by atoms with E-state index < -0.39 is 6.61 Å². The number of nitrogens with one attached hydrogen (secondary N) is 1. The summed E-state index contributed by atoms with van der Waals surface area (Å²) in [6.07, 6.45) is 0. The molecule has 0 radical (unpaired) electrons. The number of aromatic nitrogens is 3. The van der Waals surface area contributed by atoms with Gasteiger partial charge in [-0.25, -0.2) is 4.68 Å². The highest BCUT2D eigenvalue weighted by Crippen LogP contribution is 2.29. The highest BCUT2D eigenvalue weighted by Gasteiger charge is 2.12. The highest BCUT2D eigenvalue weighted by atomic mass is 32.2. The summed E-state index contributed by atoms with van der Waals surface area (Å²) in [6, 6.07) is 4.44. The number of aryl methyl sites for hydroxylation is 1. The van der Waals surface area contributed by atoms with Crippen molar-refractivity contribution in [1.29, 1.82) is 0 Å². The lowest BCUT2D eigenvalue weighted by Crippen LogP contribution is -2.25. The number of methoxy groups -OCH3 is 1. The summed E-state index contributed by atoms with van der Waals surface area (Å²) < 4.78 is 35.2. The Labute approximate surface area is 146 Å². The predicted octanol–water partition coefficient (Wildman–Crippen LogP) is 1.32. The lowest BCUT2D eigenvalue weighted by molar-refractivity contribution is -0.118. The van der Waals surface area contributed by atoms with Crippen molar-refractivity contribution in [3.8, 4) is 11.5 Å². The number of rotatable bonds is 8. The van der Waals surface area contributed by atoms with Crippen LogP contribution < -0.4 is 20.6 Å². The molecule has 136 valence electrons. The molecule has 0 bridgehead atoms. The van der Waals surface area contributed by atoms with Gasteiger partial charge in [0.25, 0.3) is 0 Å². The molecule has 0 aliphatic heterocycles. The van der Waals surface area contributed by atoms with Crippen LogP contribution in [-0.2, 0) is 11.3 Å². The van der Waals surface area contributed by atoms with Gasteiger partial charge in [0.2, 0.25) is 11.1 Å². The minimum Gasteiger partial charge on any atom is -0.493 e. The van der Waals surface area contributed by atoms with E-state index in [-0.39, 0.29) is 29.7 Å². The molecular formula is C14H17F2N5O3S. The number of alkyl halides is 2. The smallest absolute Gasteiger partial charge is 0.387 e. The van der Waals surface area contributed by atoms with Crippen molar-refractivity contribution in [3.63, 3.8) is 0 Å². The maximum Gasteiger partial charge on any atom is 0.387 e. The second kappa shape index (κ2) is 8.51. The third-order valence-electron chi connectivity index (χ3n) is 3.10. The van der Waals surface area contributed by atoms with Gasteiger partial charge in [-0.1, -0.05) is 17.8 Å². The van der Waals surface area contributed by atoms with Crippen LogP contribution in [0.1, 0.15) is 11.4 Å². The van der Waals surface area contributed by atoms with Gasteiger partial charge in [0.1, 0.15) is 5.82 Å². The second-order valence-corrected chi connectivity index (χ2v) is 5.77. The SMILES string of the molecule is COc1cc(CNC(=O)CSc2nnc(C)n2N)ccc1OC(F)F. The van der Waals surface area contributed by atoms with E-state index >= 15 is 0 Å². The molecule has 1 heterocycles. The van der Waals surface area contributed by atoms with Crippen molar-refractivity contribution >= 4 is 17.7 Å². The number of ether oxygens (including phenoxy) is 2. The summed E-state index contributed by atoms with van der Waals surface area (Å²) in [5.74, 6) is 6.20. The topological polar surface area (TPSA) is 104 Å². The zero-order chi connectivity index (χ0) is 18.4. The summed E-state index contributed by atoms with van der Waals surface area (Å²) in [5.41, 5.74) is 0.676. The molecule has 0 saturated carbocycles. The first-order valence-corrected chi connectivity index (χ1v) is 8.07. The second-order valence-electron chi connectivity index (χ2n) is 4.83. The van der Waals surface area contributed by atoms with E-state index in [0.717, 1.165) is 11.8 Å². The zero-order valence-corrected chi connectivity index (χ0v) is 14.3. The minimum absolute atomic E-state index is 0.0687. The molecule has 25 heavy (non-hydrogen) atoms. The van der Waals surface area contributed by atoms with E-state index in [1.807, 2.05) is 0 Å². The van der Waals surface area contributed by atoms with E-state index in [9.17, 15) is 13.6 Å². The molecule has 0 spiro atoms. The minimum atomic E-state index is -2.94. The number of carbonyl (C=O) groups is 1. The summed E-state index contributed by atoms with van der Waals surface area (Å²) in [5, 5.41) is 10.8. The van der Waals surface area contributed by atoms with Crippen LogP contribution in [-0.4, -0.2) is 40.3 Å². The van der Waals surface area contributed by atoms with Crippen molar-refractivity contribution in [2.45, 2.75) is 25.2 Å². The fraction of sp³-hybridized carbons (Fsp3) is 0.357. The first-order chi connectivity index (χ1) is 11.9. The number of hydrogen-bond acceptors (Lipinski definition) is 7. The Kier molecular flexibility index (Phi) is 6.39. The Bertz CT molecular complexity index is 741. The van der Waals surface area contributed by atoms with Crippen LogP contribution in [0.3, 0.4) is 0 Å². The quantitative estimate of drug-likeness (QED) is 0.531. The Hall–Kier alpha value is -2.56. The van der Waals surface area contributed by atoms with E-state index in [4.69, 9.17) is 10.6 Å². The molecule has 0 aliphatic rings. The number of amides is 1. The zero-order valence-electron chi connectivity index (χ0n) is 13.5. The molecule has 1 aromatic carbocycles. The van der Waals surface area contributed by atoms with E-state index in [1.54, 1.807) is 13.0 Å². The van der Waals surface area contributed by atoms with Gasteiger partial charge in [0.15, 0.2) is 11.5 Å². The average molecular weight is 373 g/mol. The molecule has 0 unspecified atom stereocenters. The standard InChI is InChI=1S/C14H17F2N5O3S/c1-8-19-20-14(21(8)17)25-7-12(22)18-6-9-3-4-10(24-13(15)16)11(5-9)23-2/h3-5,13H,6-7,17H2,1-2H3,(H,18,22). The van der Waals surface area contributed by atoms with Crippen molar-refractivity contribution in [2.75, 3.05) is 18.7 Å². The molecule has 1 amide bonds. The highest BCUT2D eigenvalue weighted by molar-refractivity contribution is 7.99. The molecule has 0 aliphatic carbocycles. The van der Waals surface area contributed by atoms with Gasteiger partial charge < -0.3 is 20.6 Å². The van der Waals surface area contributed by atoms with Crippen molar-refractivity contribution in [2.24, 2.45) is 0 Å². The number of carbonyl (C=O) groups excluding carboxylic acids is 1. The molecule has 0 atom stereocenters. The molecule has 0 saturated heterocycles. The number of halogens is 2. The number of nitrogen functional groups attached to an aromatic ring is 1. The van der Waals surface area contributed by atoms with Gasteiger partial charge in [-0.15, -0.1) is 10.2 Å². The maximum absolute atomic E-state index is 12.3. The number of thioether (sulfide) groups is 1.